The fourth-order valence-corrected chi connectivity index (χ4v) is 2.06. The number of pyridine rings is 1. The van der Waals surface area contributed by atoms with E-state index in [1.54, 1.807) is 0 Å². The van der Waals surface area contributed by atoms with Crippen LogP contribution in [0.25, 0.3) is 0 Å². The largest absolute Gasteiger partial charge is 0.386 e. The molecule has 0 fully saturated rings. The third kappa shape index (κ3) is 2.05. The maximum Gasteiger partial charge on any atom is 0.101 e. The van der Waals surface area contributed by atoms with Gasteiger partial charge in [0.2, 0.25) is 0 Å². The van der Waals surface area contributed by atoms with Crippen LogP contribution in [0.2, 0.25) is 0 Å². The second-order valence-electron chi connectivity index (χ2n) is 5.50. The molecule has 2 rings (SSSR count). The smallest absolute Gasteiger partial charge is 0.101 e. The van der Waals surface area contributed by atoms with E-state index in [9.17, 15) is 5.11 Å². The first kappa shape index (κ1) is 10.6. The van der Waals surface area contributed by atoms with Gasteiger partial charge in [-0.25, -0.2) is 0 Å². The molecular weight excluding hydrogens is 186 g/mol. The van der Waals surface area contributed by atoms with Crippen molar-refractivity contribution in [3.05, 3.63) is 29.1 Å². The third-order valence-corrected chi connectivity index (χ3v) is 3.10. The highest BCUT2D eigenvalue weighted by Crippen LogP contribution is 2.33. The van der Waals surface area contributed by atoms with Gasteiger partial charge in [-0.15, -0.1) is 0 Å². The van der Waals surface area contributed by atoms with Gasteiger partial charge in [0.05, 0.1) is 5.69 Å². The van der Waals surface area contributed by atoms with Crippen LogP contribution in [0, 0.1) is 5.41 Å². The minimum absolute atomic E-state index is 0.139. The lowest BCUT2D eigenvalue weighted by molar-refractivity contribution is 0.0588. The van der Waals surface area contributed by atoms with E-state index in [-0.39, 0.29) is 5.41 Å². The van der Waals surface area contributed by atoms with Crippen LogP contribution in [-0.2, 0) is 12.8 Å². The maximum atomic E-state index is 10.1. The summed E-state index contributed by atoms with van der Waals surface area (Å²) in [6, 6.07) is 2.08. The summed E-state index contributed by atoms with van der Waals surface area (Å²) in [5, 5.41) is 10.1. The number of rotatable bonds is 1. The van der Waals surface area contributed by atoms with E-state index < -0.39 is 6.10 Å². The van der Waals surface area contributed by atoms with Gasteiger partial charge < -0.3 is 5.11 Å². The summed E-state index contributed by atoms with van der Waals surface area (Å²) in [5.74, 6) is 0. The first-order chi connectivity index (χ1) is 6.98. The van der Waals surface area contributed by atoms with Gasteiger partial charge in [0, 0.05) is 6.20 Å². The Morgan fingerprint density at radius 3 is 2.60 bits per heavy atom. The molecule has 0 bridgehead atoms. The summed E-state index contributed by atoms with van der Waals surface area (Å²) in [7, 11) is 0. The minimum Gasteiger partial charge on any atom is -0.386 e. The van der Waals surface area contributed by atoms with E-state index in [2.05, 4.69) is 11.1 Å². The standard InChI is InChI=1S/C13H19NO/c1-13(2,3)12(15)11-7-9-5-4-6-10(9)8-14-11/h7-8,12,15H,4-6H2,1-3H3/t12-/m1/s1. The second kappa shape index (κ2) is 3.60. The van der Waals surface area contributed by atoms with Gasteiger partial charge in [-0.05, 0) is 41.9 Å². The molecule has 1 atom stereocenters. The molecule has 1 aliphatic carbocycles. The van der Waals surface area contributed by atoms with Crippen molar-refractivity contribution in [3.63, 3.8) is 0 Å². The zero-order chi connectivity index (χ0) is 11.1. The Morgan fingerprint density at radius 1 is 1.27 bits per heavy atom. The summed E-state index contributed by atoms with van der Waals surface area (Å²) in [6.07, 6.45) is 4.98. The summed E-state index contributed by atoms with van der Waals surface area (Å²) < 4.78 is 0. The van der Waals surface area contributed by atoms with Crippen LogP contribution in [-0.4, -0.2) is 10.1 Å². The average Bonchev–Trinajstić information content (AvgIpc) is 2.61. The van der Waals surface area contributed by atoms with E-state index in [4.69, 9.17) is 0 Å². The summed E-state index contributed by atoms with van der Waals surface area (Å²) in [4.78, 5) is 4.37. The molecule has 0 saturated carbocycles. The quantitative estimate of drug-likeness (QED) is 0.764. The van der Waals surface area contributed by atoms with Crippen LogP contribution < -0.4 is 0 Å². The highest BCUT2D eigenvalue weighted by atomic mass is 16.3. The highest BCUT2D eigenvalue weighted by molar-refractivity contribution is 5.31. The summed E-state index contributed by atoms with van der Waals surface area (Å²) >= 11 is 0. The monoisotopic (exact) mass is 205 g/mol. The van der Waals surface area contributed by atoms with Crippen LogP contribution in [0.4, 0.5) is 0 Å². The number of aliphatic hydroxyl groups excluding tert-OH is 1. The summed E-state index contributed by atoms with van der Waals surface area (Å²) in [6.45, 7) is 6.10. The van der Waals surface area contributed by atoms with Gasteiger partial charge in [-0.2, -0.15) is 0 Å². The number of fused-ring (bicyclic) bond motifs is 1. The molecule has 1 aliphatic rings. The first-order valence-corrected chi connectivity index (χ1v) is 5.64. The molecule has 1 N–H and O–H groups in total. The van der Waals surface area contributed by atoms with E-state index in [1.807, 2.05) is 27.0 Å². The van der Waals surface area contributed by atoms with E-state index in [0.717, 1.165) is 18.5 Å². The predicted molar refractivity (Wildman–Crippen MR) is 60.7 cm³/mol. The van der Waals surface area contributed by atoms with Gasteiger partial charge in [0.15, 0.2) is 0 Å². The van der Waals surface area contributed by atoms with E-state index in [1.165, 1.54) is 17.5 Å². The molecule has 0 aromatic carbocycles. The molecule has 0 spiro atoms. The van der Waals surface area contributed by atoms with Gasteiger partial charge in [0.1, 0.15) is 6.10 Å². The number of hydrogen-bond donors (Lipinski definition) is 1. The Balaban J connectivity index is 2.31. The fraction of sp³-hybridized carbons (Fsp3) is 0.615. The molecule has 2 heteroatoms. The van der Waals surface area contributed by atoms with Gasteiger partial charge in [-0.3, -0.25) is 4.98 Å². The Labute approximate surface area is 91.4 Å². The van der Waals surface area contributed by atoms with Crippen LogP contribution >= 0.6 is 0 Å². The lowest BCUT2D eigenvalue weighted by Gasteiger charge is -2.25. The molecule has 0 radical (unpaired) electrons. The van der Waals surface area contributed by atoms with Crippen LogP contribution in [0.15, 0.2) is 12.3 Å². The molecule has 0 aliphatic heterocycles. The van der Waals surface area contributed by atoms with Crippen molar-refractivity contribution in [2.75, 3.05) is 0 Å². The molecule has 82 valence electrons. The lowest BCUT2D eigenvalue weighted by atomic mass is 9.86. The van der Waals surface area contributed by atoms with Crippen molar-refractivity contribution >= 4 is 0 Å². The molecule has 1 heterocycles. The fourth-order valence-electron chi connectivity index (χ4n) is 2.06. The highest BCUT2D eigenvalue weighted by Gasteiger charge is 2.26. The molecular formula is C13H19NO. The Kier molecular flexibility index (Phi) is 2.55. The van der Waals surface area contributed by atoms with Gasteiger partial charge in [0.25, 0.3) is 0 Å². The molecule has 1 aromatic rings. The topological polar surface area (TPSA) is 33.1 Å². The van der Waals surface area contributed by atoms with Crippen LogP contribution in [0.1, 0.15) is 50.1 Å². The number of hydrogen-bond acceptors (Lipinski definition) is 2. The Morgan fingerprint density at radius 2 is 1.93 bits per heavy atom. The van der Waals surface area contributed by atoms with Crippen molar-refractivity contribution in [2.24, 2.45) is 5.41 Å². The van der Waals surface area contributed by atoms with Crippen molar-refractivity contribution in [1.82, 2.24) is 4.98 Å². The van der Waals surface area contributed by atoms with Gasteiger partial charge >= 0.3 is 0 Å². The van der Waals surface area contributed by atoms with Crippen molar-refractivity contribution in [3.8, 4) is 0 Å². The average molecular weight is 205 g/mol. The second-order valence-corrected chi connectivity index (χ2v) is 5.50. The number of aromatic nitrogens is 1. The Hall–Kier alpha value is -0.890. The number of aliphatic hydroxyl groups is 1. The zero-order valence-corrected chi connectivity index (χ0v) is 9.75. The van der Waals surface area contributed by atoms with Crippen molar-refractivity contribution in [1.29, 1.82) is 0 Å². The Bertz CT molecular complexity index is 365. The maximum absolute atomic E-state index is 10.1. The molecule has 2 nitrogen and oxygen atoms in total. The first-order valence-electron chi connectivity index (χ1n) is 5.64. The van der Waals surface area contributed by atoms with Crippen LogP contribution in [0.5, 0.6) is 0 Å². The molecule has 0 amide bonds. The van der Waals surface area contributed by atoms with E-state index in [0.29, 0.717) is 0 Å². The van der Waals surface area contributed by atoms with Crippen molar-refractivity contribution < 1.29 is 5.11 Å². The number of aryl methyl sites for hydroxylation is 2. The van der Waals surface area contributed by atoms with E-state index >= 15 is 0 Å². The molecule has 1 aromatic heterocycles. The minimum atomic E-state index is -0.469. The lowest BCUT2D eigenvalue weighted by Crippen LogP contribution is -2.19. The predicted octanol–water partition coefficient (Wildman–Crippen LogP) is 2.65. The normalized spacial score (nSPS) is 17.6. The summed E-state index contributed by atoms with van der Waals surface area (Å²) in [5.41, 5.74) is 3.42. The molecule has 0 unspecified atom stereocenters. The van der Waals surface area contributed by atoms with Crippen LogP contribution in [0.3, 0.4) is 0 Å². The zero-order valence-electron chi connectivity index (χ0n) is 9.75. The third-order valence-electron chi connectivity index (χ3n) is 3.10. The van der Waals surface area contributed by atoms with Gasteiger partial charge in [-0.1, -0.05) is 20.8 Å². The van der Waals surface area contributed by atoms with Crippen molar-refractivity contribution in [2.45, 2.75) is 46.1 Å². The number of nitrogens with zero attached hydrogens (tertiary/aromatic N) is 1. The SMILES string of the molecule is CC(C)(C)[C@H](O)c1cc2c(cn1)CCC2. The molecule has 0 saturated heterocycles. The molecule has 15 heavy (non-hydrogen) atoms.